The highest BCUT2D eigenvalue weighted by Crippen LogP contribution is 2.32. The number of hydrogen-bond acceptors (Lipinski definition) is 6. The molecular formula is C24H29FN4O3. The van der Waals surface area contributed by atoms with Crippen molar-refractivity contribution in [3.05, 3.63) is 57.1 Å². The van der Waals surface area contributed by atoms with Crippen molar-refractivity contribution in [1.82, 2.24) is 19.6 Å². The number of benzene rings is 1. The lowest BCUT2D eigenvalue weighted by molar-refractivity contribution is 0.0684. The average Bonchev–Trinajstić information content (AvgIpc) is 3.22. The van der Waals surface area contributed by atoms with Crippen LogP contribution in [0, 0.1) is 12.7 Å². The second kappa shape index (κ2) is 8.75. The normalized spacial score (nSPS) is 20.0. The van der Waals surface area contributed by atoms with Crippen molar-refractivity contribution >= 4 is 11.0 Å². The molecule has 0 amide bonds. The molecule has 0 saturated carbocycles. The highest BCUT2D eigenvalue weighted by molar-refractivity contribution is 5.79. The third-order valence-corrected chi connectivity index (χ3v) is 7.07. The molecule has 2 aromatic heterocycles. The maximum atomic E-state index is 13.4. The maximum Gasteiger partial charge on any atom is 0.257 e. The topological polar surface area (TPSA) is 73.4 Å². The molecule has 1 atom stereocenters. The quantitative estimate of drug-likeness (QED) is 0.607. The van der Waals surface area contributed by atoms with Crippen LogP contribution in [0.15, 0.2) is 27.5 Å². The Labute approximate surface area is 186 Å². The molecule has 7 nitrogen and oxygen atoms in total. The molecule has 1 aromatic carbocycles. The minimum absolute atomic E-state index is 0.0840. The molecule has 170 valence electrons. The van der Waals surface area contributed by atoms with Gasteiger partial charge >= 0.3 is 0 Å². The lowest BCUT2D eigenvalue weighted by Gasteiger charge is -2.31. The monoisotopic (exact) mass is 440 g/mol. The first-order chi connectivity index (χ1) is 15.5. The fourth-order valence-electron chi connectivity index (χ4n) is 5.13. The predicted octanol–water partition coefficient (Wildman–Crippen LogP) is 3.22. The Morgan fingerprint density at radius 2 is 2.06 bits per heavy atom. The smallest absolute Gasteiger partial charge is 0.257 e. The first kappa shape index (κ1) is 21.3. The summed E-state index contributed by atoms with van der Waals surface area (Å²) in [6.45, 7) is 5.24. The van der Waals surface area contributed by atoms with Crippen LogP contribution in [-0.4, -0.2) is 52.5 Å². The summed E-state index contributed by atoms with van der Waals surface area (Å²) in [6.07, 6.45) is 4.41. The maximum absolute atomic E-state index is 13.4. The fourth-order valence-corrected chi connectivity index (χ4v) is 5.13. The van der Waals surface area contributed by atoms with Crippen molar-refractivity contribution < 1.29 is 13.7 Å². The molecule has 0 aliphatic carbocycles. The highest BCUT2D eigenvalue weighted by Gasteiger charge is 2.26. The molecular weight excluding hydrogens is 411 g/mol. The summed E-state index contributed by atoms with van der Waals surface area (Å²) in [4.78, 5) is 20.3. The summed E-state index contributed by atoms with van der Waals surface area (Å²) in [5, 5.41) is 5.14. The van der Waals surface area contributed by atoms with Gasteiger partial charge in [0.1, 0.15) is 11.6 Å². The molecule has 0 N–H and O–H groups in total. The Kier molecular flexibility index (Phi) is 5.82. The molecule has 1 unspecified atom stereocenters. The first-order valence-corrected chi connectivity index (χ1v) is 11.4. The second-order valence-electron chi connectivity index (χ2n) is 8.98. The van der Waals surface area contributed by atoms with Crippen LogP contribution in [0.2, 0.25) is 0 Å². The lowest BCUT2D eigenvalue weighted by atomic mass is 9.91. The van der Waals surface area contributed by atoms with E-state index >= 15 is 0 Å². The third kappa shape index (κ3) is 3.97. The molecule has 0 bridgehead atoms. The molecule has 5 rings (SSSR count). The van der Waals surface area contributed by atoms with E-state index in [1.807, 2.05) is 11.5 Å². The van der Waals surface area contributed by atoms with Crippen LogP contribution in [0.3, 0.4) is 0 Å². The summed E-state index contributed by atoms with van der Waals surface area (Å²) in [6, 6.07) is 4.61. The minimum atomic E-state index is -0.310. The number of nitrogens with zero attached hydrogens (tertiary/aromatic N) is 4. The highest BCUT2D eigenvalue weighted by atomic mass is 19.1. The van der Waals surface area contributed by atoms with Crippen molar-refractivity contribution in [2.45, 2.75) is 57.6 Å². The molecule has 32 heavy (non-hydrogen) atoms. The summed E-state index contributed by atoms with van der Waals surface area (Å²) in [5.41, 5.74) is 3.20. The van der Waals surface area contributed by atoms with Gasteiger partial charge in [-0.05, 0) is 57.8 Å². The molecule has 3 aromatic rings. The van der Waals surface area contributed by atoms with Gasteiger partial charge in [0, 0.05) is 48.7 Å². The summed E-state index contributed by atoms with van der Waals surface area (Å²) < 4.78 is 26.1. The zero-order chi connectivity index (χ0) is 22.2. The van der Waals surface area contributed by atoms with Crippen molar-refractivity contribution in [1.29, 1.82) is 0 Å². The van der Waals surface area contributed by atoms with Gasteiger partial charge in [0.05, 0.1) is 18.3 Å². The number of halogens is 1. The van der Waals surface area contributed by atoms with Crippen molar-refractivity contribution in [3.63, 3.8) is 0 Å². The molecule has 2 aliphatic heterocycles. The summed E-state index contributed by atoms with van der Waals surface area (Å²) in [5.74, 6) is 0.877. The Hall–Kier alpha value is -2.58. The zero-order valence-corrected chi connectivity index (χ0v) is 18.6. The largest absolute Gasteiger partial charge is 0.380 e. The van der Waals surface area contributed by atoms with Gasteiger partial charge in [-0.3, -0.25) is 9.36 Å². The number of fused-ring (bicyclic) bond motifs is 2. The average molecular weight is 441 g/mol. The number of piperidine rings is 1. The van der Waals surface area contributed by atoms with E-state index in [1.165, 1.54) is 12.1 Å². The van der Waals surface area contributed by atoms with Gasteiger partial charge in [-0.25, -0.2) is 9.37 Å². The Bertz CT molecular complexity index is 1180. The van der Waals surface area contributed by atoms with Gasteiger partial charge in [0.15, 0.2) is 5.58 Å². The van der Waals surface area contributed by atoms with E-state index in [9.17, 15) is 9.18 Å². The number of rotatable bonds is 5. The van der Waals surface area contributed by atoms with E-state index in [0.29, 0.717) is 24.5 Å². The predicted molar refractivity (Wildman–Crippen MR) is 118 cm³/mol. The number of methoxy groups -OCH3 is 1. The zero-order valence-electron chi connectivity index (χ0n) is 18.6. The fraction of sp³-hybridized carbons (Fsp3) is 0.542. The van der Waals surface area contributed by atoms with Crippen molar-refractivity contribution in [2.24, 2.45) is 0 Å². The Balaban J connectivity index is 1.23. The van der Waals surface area contributed by atoms with E-state index in [1.54, 1.807) is 13.2 Å². The van der Waals surface area contributed by atoms with E-state index in [0.717, 1.165) is 73.5 Å². The molecule has 0 radical (unpaired) electrons. The summed E-state index contributed by atoms with van der Waals surface area (Å²) in [7, 11) is 1.70. The molecule has 8 heteroatoms. The van der Waals surface area contributed by atoms with Crippen LogP contribution in [0.4, 0.5) is 4.39 Å². The van der Waals surface area contributed by atoms with Gasteiger partial charge in [0.25, 0.3) is 5.56 Å². The van der Waals surface area contributed by atoms with E-state index in [4.69, 9.17) is 14.2 Å². The number of hydrogen-bond donors (Lipinski definition) is 0. The Morgan fingerprint density at radius 3 is 2.84 bits per heavy atom. The van der Waals surface area contributed by atoms with Gasteiger partial charge < -0.3 is 14.2 Å². The molecule has 4 heterocycles. The lowest BCUT2D eigenvalue weighted by Crippen LogP contribution is -2.39. The van der Waals surface area contributed by atoms with Crippen molar-refractivity contribution in [3.8, 4) is 0 Å². The molecule has 0 spiro atoms. The standard InChI is InChI=1S/C24H29FN4O3/c1-15-19(24(30)29-14-18(31-2)4-6-22(29)26-15)9-12-28-10-7-16(8-11-28)23-20-5-3-17(25)13-21(20)32-27-23/h3,5,13,16,18H,4,6-12,14H2,1-2H3. The number of likely N-dealkylation sites (tertiary alicyclic amines) is 1. The third-order valence-electron chi connectivity index (χ3n) is 7.07. The van der Waals surface area contributed by atoms with Crippen molar-refractivity contribution in [2.75, 3.05) is 26.7 Å². The van der Waals surface area contributed by atoms with Gasteiger partial charge in [-0.1, -0.05) is 5.16 Å². The van der Waals surface area contributed by atoms with E-state index in [2.05, 4.69) is 10.1 Å². The van der Waals surface area contributed by atoms with Gasteiger partial charge in [-0.15, -0.1) is 0 Å². The van der Waals surface area contributed by atoms with Gasteiger partial charge in [-0.2, -0.15) is 0 Å². The van der Waals surface area contributed by atoms with Gasteiger partial charge in [0.2, 0.25) is 0 Å². The van der Waals surface area contributed by atoms with Crippen LogP contribution in [0.1, 0.15) is 48.0 Å². The van der Waals surface area contributed by atoms with Crippen LogP contribution >= 0.6 is 0 Å². The Morgan fingerprint density at radius 1 is 1.25 bits per heavy atom. The van der Waals surface area contributed by atoms with E-state index < -0.39 is 0 Å². The van der Waals surface area contributed by atoms with Crippen LogP contribution in [0.25, 0.3) is 11.0 Å². The minimum Gasteiger partial charge on any atom is -0.380 e. The number of aromatic nitrogens is 3. The second-order valence-corrected chi connectivity index (χ2v) is 8.98. The summed E-state index contributed by atoms with van der Waals surface area (Å²) >= 11 is 0. The first-order valence-electron chi connectivity index (χ1n) is 11.4. The van der Waals surface area contributed by atoms with Crippen LogP contribution in [0.5, 0.6) is 0 Å². The van der Waals surface area contributed by atoms with Crippen LogP contribution < -0.4 is 5.56 Å². The molecule has 2 aliphatic rings. The van der Waals surface area contributed by atoms with Crippen LogP contribution in [-0.2, 0) is 24.1 Å². The van der Waals surface area contributed by atoms with E-state index in [-0.39, 0.29) is 17.5 Å². The SMILES string of the molecule is COC1CCc2nc(C)c(CCN3CCC(c4noc5cc(F)ccc45)CC3)c(=O)n2C1. The number of aryl methyl sites for hydroxylation is 2. The molecule has 1 fully saturated rings. The molecule has 1 saturated heterocycles. The number of ether oxygens (including phenoxy) is 1.